The van der Waals surface area contributed by atoms with Crippen LogP contribution in [0.2, 0.25) is 0 Å². The van der Waals surface area contributed by atoms with E-state index < -0.39 is 68.2 Å². The van der Waals surface area contributed by atoms with Crippen LogP contribution >= 0.6 is 0 Å². The molecule has 1 aromatic carbocycles. The van der Waals surface area contributed by atoms with Gasteiger partial charge in [0.05, 0.1) is 24.6 Å². The summed E-state index contributed by atoms with van der Waals surface area (Å²) in [6, 6.07) is 2.91. The highest BCUT2D eigenvalue weighted by Crippen LogP contribution is 2.47. The minimum absolute atomic E-state index is 0.0130. The van der Waals surface area contributed by atoms with Crippen molar-refractivity contribution in [3.63, 3.8) is 0 Å². The van der Waals surface area contributed by atoms with Gasteiger partial charge in [0.15, 0.2) is 0 Å². The largest absolute Gasteiger partial charge is 0.497 e. The summed E-state index contributed by atoms with van der Waals surface area (Å²) >= 11 is 0. The van der Waals surface area contributed by atoms with Crippen molar-refractivity contribution in [2.45, 2.75) is 101 Å². The molecule has 0 bridgehead atoms. The number of benzene rings is 1. The Morgan fingerprint density at radius 3 is 2.65 bits per heavy atom. The molecule has 4 N–H and O–H groups in total. The molecule has 3 heterocycles. The zero-order valence-corrected chi connectivity index (χ0v) is 30.1. The van der Waals surface area contributed by atoms with Crippen molar-refractivity contribution in [2.75, 3.05) is 13.7 Å². The number of hydrogen-bond donors (Lipinski definition) is 4. The lowest BCUT2D eigenvalue weighted by molar-refractivity contribution is -0.142. The van der Waals surface area contributed by atoms with Gasteiger partial charge in [-0.25, -0.2) is 13.2 Å². The number of fused-ring (bicyclic) bond motifs is 3. The van der Waals surface area contributed by atoms with Gasteiger partial charge in [0, 0.05) is 23.8 Å². The molecule has 51 heavy (non-hydrogen) atoms. The second-order valence-electron chi connectivity index (χ2n) is 14.7. The quantitative estimate of drug-likeness (QED) is 0.291. The molecule has 1 saturated heterocycles. The predicted molar refractivity (Wildman–Crippen MR) is 185 cm³/mol. The normalized spacial score (nSPS) is 30.5. The number of carbonyl (C=O) groups excluding carboxylic acids is 3. The minimum atomic E-state index is -4.00. The Balaban J connectivity index is 1.35. The summed E-state index contributed by atoms with van der Waals surface area (Å²) in [4.78, 5) is 56.0. The van der Waals surface area contributed by atoms with Gasteiger partial charge in [-0.05, 0) is 69.4 Å². The highest BCUT2D eigenvalue weighted by Gasteiger charge is 2.63. The van der Waals surface area contributed by atoms with E-state index in [1.54, 1.807) is 25.1 Å². The third-order valence-corrected chi connectivity index (χ3v) is 13.1. The van der Waals surface area contributed by atoms with Crippen molar-refractivity contribution in [2.24, 2.45) is 17.8 Å². The van der Waals surface area contributed by atoms with Gasteiger partial charge >= 0.3 is 6.09 Å². The summed E-state index contributed by atoms with van der Waals surface area (Å²) in [5.74, 6) is -1.81. The van der Waals surface area contributed by atoms with E-state index in [-0.39, 0.29) is 31.2 Å². The number of nitrogens with one attached hydrogen (secondary N) is 3. The number of methoxy groups -OCH3 is 1. The molecule has 6 rings (SSSR count). The Kier molecular flexibility index (Phi) is 9.92. The first kappa shape index (κ1) is 36.3. The maximum atomic E-state index is 14.5. The smallest absolute Gasteiger partial charge is 0.405 e. The minimum Gasteiger partial charge on any atom is -0.497 e. The molecule has 4 aliphatic rings. The van der Waals surface area contributed by atoms with Crippen LogP contribution in [0.1, 0.15) is 72.1 Å². The molecular weight excluding hydrogens is 680 g/mol. The first-order valence-electron chi connectivity index (χ1n) is 17.5. The molecule has 276 valence electrons. The lowest BCUT2D eigenvalue weighted by atomic mass is 9.85. The van der Waals surface area contributed by atoms with E-state index in [0.717, 1.165) is 6.42 Å². The highest BCUT2D eigenvalue weighted by atomic mass is 32.2. The van der Waals surface area contributed by atoms with Crippen LogP contribution < -0.4 is 24.8 Å². The zero-order valence-electron chi connectivity index (χ0n) is 29.3. The van der Waals surface area contributed by atoms with E-state index in [1.807, 2.05) is 26.0 Å². The van der Waals surface area contributed by atoms with E-state index in [2.05, 4.69) is 25.6 Å². The maximum absolute atomic E-state index is 14.5. The van der Waals surface area contributed by atoms with Crippen LogP contribution in [-0.4, -0.2) is 94.6 Å². The molecule has 0 unspecified atom stereocenters. The highest BCUT2D eigenvalue weighted by molar-refractivity contribution is 7.91. The second-order valence-corrected chi connectivity index (χ2v) is 16.9. The van der Waals surface area contributed by atoms with Crippen molar-refractivity contribution in [3.8, 4) is 11.5 Å². The number of allylic oxidation sites excluding steroid dienone is 1. The zero-order chi connectivity index (χ0) is 36.7. The van der Waals surface area contributed by atoms with Gasteiger partial charge in [0.2, 0.25) is 21.8 Å². The fraction of sp³-hybridized carbons (Fsp3) is 0.600. The third kappa shape index (κ3) is 7.32. The fourth-order valence-corrected chi connectivity index (χ4v) is 8.68. The van der Waals surface area contributed by atoms with Crippen molar-refractivity contribution >= 4 is 44.7 Å². The Labute approximate surface area is 296 Å². The molecule has 15 nitrogen and oxygen atoms in total. The fourth-order valence-electron chi connectivity index (χ4n) is 7.36. The van der Waals surface area contributed by atoms with Gasteiger partial charge in [-0.1, -0.05) is 32.4 Å². The van der Waals surface area contributed by atoms with Gasteiger partial charge < -0.3 is 30.1 Å². The first-order valence-corrected chi connectivity index (χ1v) is 19.0. The molecule has 2 aromatic rings. The molecule has 2 aliphatic carbocycles. The number of nitrogens with zero attached hydrogens (tertiary/aromatic N) is 3. The average Bonchev–Trinajstić information content (AvgIpc) is 3.97. The van der Waals surface area contributed by atoms with E-state index in [4.69, 9.17) is 9.47 Å². The summed E-state index contributed by atoms with van der Waals surface area (Å²) in [5, 5.41) is 24.0. The molecule has 7 atom stereocenters. The molecule has 0 spiro atoms. The molecule has 2 aliphatic heterocycles. The summed E-state index contributed by atoms with van der Waals surface area (Å²) in [5.41, 5.74) is -1.03. The van der Waals surface area contributed by atoms with Crippen LogP contribution in [0, 0.1) is 17.8 Å². The Bertz CT molecular complexity index is 1850. The van der Waals surface area contributed by atoms with Crippen molar-refractivity contribution in [1.82, 2.24) is 30.5 Å². The lowest BCUT2D eigenvalue weighted by Gasteiger charge is -2.33. The SMILES string of the molecule is CC[C@@H]1C[C@H](C)CCC=C[C@@H]2C[C@@]2(C(=O)NS(=O)(=O)C2(C)CC2)NC(=O)[C@@H]2C[C@@H](Oc3cnnc4cc(OC)ccc34)CN2C(=O)[C@H]1NC(=O)O. The first-order chi connectivity index (χ1) is 24.2. The number of amides is 4. The molecule has 2 saturated carbocycles. The standard InChI is InChI=1S/C35H46N6O9S/c1-5-21-14-20(2)8-6-7-9-22-17-35(22,32(44)40-51(47,48)34(3)12-13-34)38-30(42)27-16-24(19-41(27)31(43)29(21)37-33(45)46)50-28-18-36-39-26-15-23(49-4)10-11-25(26)28/h7,9-11,15,18,20-22,24,27,29,37H,5-6,8,12-14,16-17,19H2,1-4H3,(H,38,42)(H,40,44)(H,45,46)/t20-,21-,22-,24-,27+,29+,35-/m1/s1. The Morgan fingerprint density at radius 2 is 1.96 bits per heavy atom. The number of sulfonamides is 1. The van der Waals surface area contributed by atoms with E-state index >= 15 is 0 Å². The Morgan fingerprint density at radius 1 is 1.20 bits per heavy atom. The summed E-state index contributed by atoms with van der Waals surface area (Å²) in [6.45, 7) is 5.46. The summed E-state index contributed by atoms with van der Waals surface area (Å²) in [6.07, 6.45) is 6.67. The molecule has 3 fully saturated rings. The second kappa shape index (κ2) is 13.9. The number of hydrogen-bond acceptors (Lipinski definition) is 10. The topological polar surface area (TPSA) is 206 Å². The van der Waals surface area contributed by atoms with Crippen molar-refractivity contribution in [1.29, 1.82) is 0 Å². The third-order valence-electron chi connectivity index (χ3n) is 11.0. The average molecular weight is 727 g/mol. The van der Waals surface area contributed by atoms with Gasteiger partial charge in [-0.15, -0.1) is 0 Å². The molecule has 1 aromatic heterocycles. The van der Waals surface area contributed by atoms with Crippen LogP contribution in [-0.2, 0) is 24.4 Å². The van der Waals surface area contributed by atoms with Crippen molar-refractivity contribution in [3.05, 3.63) is 36.5 Å². The van der Waals surface area contributed by atoms with Gasteiger partial charge in [-0.2, -0.15) is 10.2 Å². The maximum Gasteiger partial charge on any atom is 0.405 e. The van der Waals surface area contributed by atoms with Gasteiger partial charge in [0.1, 0.15) is 40.7 Å². The van der Waals surface area contributed by atoms with Gasteiger partial charge in [0.25, 0.3) is 5.91 Å². The molecular formula is C35H46N6O9S. The summed E-state index contributed by atoms with van der Waals surface area (Å²) < 4.78 is 39.1. The number of rotatable bonds is 8. The van der Waals surface area contributed by atoms with E-state index in [0.29, 0.717) is 54.5 Å². The number of carboxylic acid groups (broad SMARTS) is 1. The molecule has 4 amide bonds. The Hall–Kier alpha value is -4.47. The monoisotopic (exact) mass is 726 g/mol. The van der Waals surface area contributed by atoms with Crippen LogP contribution in [0.4, 0.5) is 4.79 Å². The van der Waals surface area contributed by atoms with E-state index in [9.17, 15) is 32.7 Å². The van der Waals surface area contributed by atoms with Crippen molar-refractivity contribution < 1.29 is 42.2 Å². The van der Waals surface area contributed by atoms with E-state index in [1.165, 1.54) is 18.2 Å². The molecule has 0 radical (unpaired) electrons. The summed E-state index contributed by atoms with van der Waals surface area (Å²) in [7, 11) is -2.47. The number of ether oxygens (including phenoxy) is 2. The predicted octanol–water partition coefficient (Wildman–Crippen LogP) is 2.90. The van der Waals surface area contributed by atoms with Crippen LogP contribution in [0.5, 0.6) is 11.5 Å². The van der Waals surface area contributed by atoms with Crippen LogP contribution in [0.25, 0.3) is 10.9 Å². The lowest BCUT2D eigenvalue weighted by Crippen LogP contribution is -2.59. The number of carbonyl (C=O) groups is 4. The van der Waals surface area contributed by atoms with Crippen LogP contribution in [0.3, 0.4) is 0 Å². The molecule has 16 heteroatoms. The number of aromatic nitrogens is 2. The van der Waals surface area contributed by atoms with Gasteiger partial charge in [-0.3, -0.25) is 19.1 Å². The van der Waals surface area contributed by atoms with Crippen LogP contribution in [0.15, 0.2) is 36.5 Å².